The fourth-order valence-corrected chi connectivity index (χ4v) is 4.74. The van der Waals surface area contributed by atoms with Crippen LogP contribution in [0.3, 0.4) is 0 Å². The Morgan fingerprint density at radius 1 is 1.00 bits per heavy atom. The zero-order chi connectivity index (χ0) is 23.5. The molecule has 2 aromatic carbocycles. The molecule has 9 heteroatoms. The molecule has 1 N–H and O–H groups in total. The number of ether oxygens (including phenoxy) is 2. The Hall–Kier alpha value is -3.46. The highest BCUT2D eigenvalue weighted by Gasteiger charge is 2.20. The van der Waals surface area contributed by atoms with Gasteiger partial charge in [0.05, 0.1) is 5.75 Å². The Bertz CT molecular complexity index is 1200. The summed E-state index contributed by atoms with van der Waals surface area (Å²) in [6.45, 7) is 8.16. The van der Waals surface area contributed by atoms with Gasteiger partial charge in [0.15, 0.2) is 16.7 Å². The van der Waals surface area contributed by atoms with Crippen molar-refractivity contribution in [2.24, 2.45) is 0 Å². The fraction of sp³-hybridized carbons (Fsp3) is 0.320. The van der Waals surface area contributed by atoms with Crippen LogP contribution < -0.4 is 24.6 Å². The monoisotopic (exact) mass is 477 g/mol. The van der Waals surface area contributed by atoms with Crippen LogP contribution in [-0.4, -0.2) is 54.6 Å². The molecule has 3 heterocycles. The molecule has 0 atom stereocenters. The van der Waals surface area contributed by atoms with Gasteiger partial charge in [-0.2, -0.15) is 0 Å². The van der Waals surface area contributed by atoms with Crippen molar-refractivity contribution in [1.82, 2.24) is 9.97 Å². The van der Waals surface area contributed by atoms with Crippen molar-refractivity contribution in [2.45, 2.75) is 19.0 Å². The number of thioether (sulfide) groups is 1. The second-order valence-corrected chi connectivity index (χ2v) is 9.31. The number of aryl methyl sites for hydroxylation is 2. The van der Waals surface area contributed by atoms with E-state index in [1.807, 2.05) is 6.07 Å². The van der Waals surface area contributed by atoms with Gasteiger partial charge in [-0.3, -0.25) is 4.79 Å². The second-order valence-electron chi connectivity index (χ2n) is 8.37. The number of nitrogens with one attached hydrogen (secondary N) is 1. The van der Waals surface area contributed by atoms with Gasteiger partial charge in [-0.1, -0.05) is 23.9 Å². The molecule has 3 aromatic rings. The lowest BCUT2D eigenvalue weighted by atomic mass is 10.1. The minimum atomic E-state index is -0.125. The van der Waals surface area contributed by atoms with E-state index in [0.29, 0.717) is 22.3 Å². The van der Waals surface area contributed by atoms with Gasteiger partial charge in [-0.15, -0.1) is 0 Å². The number of anilines is 3. The quantitative estimate of drug-likeness (QED) is 0.423. The lowest BCUT2D eigenvalue weighted by Gasteiger charge is -2.37. The van der Waals surface area contributed by atoms with E-state index in [4.69, 9.17) is 14.5 Å². The first-order chi connectivity index (χ1) is 16.5. The minimum Gasteiger partial charge on any atom is -0.454 e. The summed E-state index contributed by atoms with van der Waals surface area (Å²) in [5.41, 5.74) is 4.57. The topological polar surface area (TPSA) is 79.8 Å². The summed E-state index contributed by atoms with van der Waals surface area (Å²) in [5, 5.41) is 3.47. The smallest absolute Gasteiger partial charge is 0.234 e. The standard InChI is InChI=1S/C25H27N5O3S/c1-17-3-4-18(2)20(13-17)29-9-11-30(12-10-29)23-7-8-26-25(28-23)34-15-24(31)27-19-5-6-21-22(14-19)33-16-32-21/h3-8,13-14H,9-12,15-16H2,1-2H3,(H,27,31). The summed E-state index contributed by atoms with van der Waals surface area (Å²) >= 11 is 1.33. The lowest BCUT2D eigenvalue weighted by Crippen LogP contribution is -2.47. The predicted molar refractivity (Wildman–Crippen MR) is 134 cm³/mol. The molecular weight excluding hydrogens is 450 g/mol. The van der Waals surface area contributed by atoms with Crippen LogP contribution in [0, 0.1) is 13.8 Å². The number of nitrogens with zero attached hydrogens (tertiary/aromatic N) is 4. The van der Waals surface area contributed by atoms with E-state index in [0.717, 1.165) is 32.0 Å². The van der Waals surface area contributed by atoms with Crippen molar-refractivity contribution in [3.8, 4) is 11.5 Å². The Labute approximate surface area is 203 Å². The number of hydrogen-bond acceptors (Lipinski definition) is 8. The van der Waals surface area contributed by atoms with Gasteiger partial charge in [0.2, 0.25) is 12.7 Å². The van der Waals surface area contributed by atoms with Gasteiger partial charge in [-0.05, 0) is 49.2 Å². The van der Waals surface area contributed by atoms with E-state index in [-0.39, 0.29) is 18.5 Å². The molecule has 0 bridgehead atoms. The van der Waals surface area contributed by atoms with Crippen LogP contribution in [0.4, 0.5) is 17.2 Å². The molecule has 0 saturated carbocycles. The zero-order valence-corrected chi connectivity index (χ0v) is 20.1. The molecule has 2 aliphatic rings. The third-order valence-corrected chi connectivity index (χ3v) is 6.78. The highest BCUT2D eigenvalue weighted by molar-refractivity contribution is 7.99. The molecular formula is C25H27N5O3S. The van der Waals surface area contributed by atoms with E-state index < -0.39 is 0 Å². The highest BCUT2D eigenvalue weighted by Crippen LogP contribution is 2.34. The van der Waals surface area contributed by atoms with Crippen LogP contribution >= 0.6 is 11.8 Å². The zero-order valence-electron chi connectivity index (χ0n) is 19.3. The van der Waals surface area contributed by atoms with Crippen LogP contribution in [-0.2, 0) is 4.79 Å². The number of aromatic nitrogens is 2. The molecule has 0 unspecified atom stereocenters. The van der Waals surface area contributed by atoms with E-state index in [1.165, 1.54) is 28.6 Å². The summed E-state index contributed by atoms with van der Waals surface area (Å²) in [6.07, 6.45) is 1.76. The second kappa shape index (κ2) is 9.80. The van der Waals surface area contributed by atoms with Crippen LogP contribution in [0.15, 0.2) is 53.8 Å². The molecule has 0 radical (unpaired) electrons. The average molecular weight is 478 g/mol. The Balaban J connectivity index is 1.15. The van der Waals surface area contributed by atoms with Crippen molar-refractivity contribution in [3.05, 3.63) is 59.8 Å². The first kappa shape index (κ1) is 22.3. The van der Waals surface area contributed by atoms with Gasteiger partial charge in [0.1, 0.15) is 5.82 Å². The molecule has 34 heavy (non-hydrogen) atoms. The molecule has 5 rings (SSSR count). The Morgan fingerprint density at radius 2 is 1.79 bits per heavy atom. The number of carbonyl (C=O) groups excluding carboxylic acids is 1. The molecule has 0 aliphatic carbocycles. The summed E-state index contributed by atoms with van der Waals surface area (Å²) < 4.78 is 10.7. The number of amides is 1. The number of fused-ring (bicyclic) bond motifs is 1. The van der Waals surface area contributed by atoms with Crippen molar-refractivity contribution in [1.29, 1.82) is 0 Å². The van der Waals surface area contributed by atoms with E-state index in [1.54, 1.807) is 24.4 Å². The van der Waals surface area contributed by atoms with Crippen molar-refractivity contribution < 1.29 is 14.3 Å². The summed E-state index contributed by atoms with van der Waals surface area (Å²) in [6, 6.07) is 13.9. The first-order valence-corrected chi connectivity index (χ1v) is 12.3. The van der Waals surface area contributed by atoms with E-state index in [9.17, 15) is 4.79 Å². The van der Waals surface area contributed by atoms with Crippen LogP contribution in [0.25, 0.3) is 0 Å². The third-order valence-electron chi connectivity index (χ3n) is 5.92. The lowest BCUT2D eigenvalue weighted by molar-refractivity contribution is -0.113. The van der Waals surface area contributed by atoms with Crippen molar-refractivity contribution >= 4 is 34.9 Å². The molecule has 1 saturated heterocycles. The van der Waals surface area contributed by atoms with Gasteiger partial charge < -0.3 is 24.6 Å². The van der Waals surface area contributed by atoms with Gasteiger partial charge >= 0.3 is 0 Å². The summed E-state index contributed by atoms with van der Waals surface area (Å²) in [7, 11) is 0. The highest BCUT2D eigenvalue weighted by atomic mass is 32.2. The van der Waals surface area contributed by atoms with E-state index in [2.05, 4.69) is 52.1 Å². The van der Waals surface area contributed by atoms with Crippen molar-refractivity contribution in [3.63, 3.8) is 0 Å². The van der Waals surface area contributed by atoms with Crippen LogP contribution in [0.5, 0.6) is 11.5 Å². The van der Waals surface area contributed by atoms with E-state index >= 15 is 0 Å². The number of hydrogen-bond donors (Lipinski definition) is 1. The Kier molecular flexibility index (Phi) is 6.44. The minimum absolute atomic E-state index is 0.125. The maximum atomic E-state index is 12.4. The molecule has 1 aromatic heterocycles. The molecule has 8 nitrogen and oxygen atoms in total. The number of carbonyl (C=O) groups is 1. The maximum Gasteiger partial charge on any atom is 0.234 e. The third kappa shape index (κ3) is 5.04. The maximum absolute atomic E-state index is 12.4. The van der Waals surface area contributed by atoms with Crippen LogP contribution in [0.2, 0.25) is 0 Å². The van der Waals surface area contributed by atoms with Gasteiger partial charge in [-0.25, -0.2) is 9.97 Å². The molecule has 2 aliphatic heterocycles. The largest absolute Gasteiger partial charge is 0.454 e. The summed E-state index contributed by atoms with van der Waals surface area (Å²) in [5.74, 6) is 2.32. The first-order valence-electron chi connectivity index (χ1n) is 11.3. The fourth-order valence-electron chi connectivity index (χ4n) is 4.12. The average Bonchev–Trinajstić information content (AvgIpc) is 3.33. The van der Waals surface area contributed by atoms with Crippen molar-refractivity contribution in [2.75, 3.05) is 53.8 Å². The molecule has 0 spiro atoms. The van der Waals surface area contributed by atoms with Gasteiger partial charge in [0.25, 0.3) is 0 Å². The number of benzene rings is 2. The predicted octanol–water partition coefficient (Wildman–Crippen LogP) is 3.88. The SMILES string of the molecule is Cc1ccc(C)c(N2CCN(c3ccnc(SCC(=O)Nc4ccc5c(c4)OCO5)n3)CC2)c1. The molecule has 176 valence electrons. The molecule has 1 amide bonds. The Morgan fingerprint density at radius 3 is 2.65 bits per heavy atom. The molecule has 1 fully saturated rings. The number of rotatable bonds is 6. The van der Waals surface area contributed by atoms with Gasteiger partial charge in [0, 0.05) is 49.8 Å². The summed E-state index contributed by atoms with van der Waals surface area (Å²) in [4.78, 5) is 26.2. The number of piperazine rings is 1. The van der Waals surface area contributed by atoms with Crippen LogP contribution in [0.1, 0.15) is 11.1 Å². The normalized spacial score (nSPS) is 14.9.